The van der Waals surface area contributed by atoms with Crippen LogP contribution >= 0.6 is 0 Å². The van der Waals surface area contributed by atoms with Crippen molar-refractivity contribution in [2.45, 2.75) is 19.8 Å². The Balaban J connectivity index is 1.56. The number of ether oxygens (including phenoxy) is 1. The molecule has 3 amide bonds. The maximum absolute atomic E-state index is 12.2. The van der Waals surface area contributed by atoms with E-state index in [1.807, 2.05) is 13.0 Å². The van der Waals surface area contributed by atoms with Gasteiger partial charge >= 0.3 is 12.1 Å². The zero-order chi connectivity index (χ0) is 18.4. The molecular weight excluding hydrogens is 338 g/mol. The van der Waals surface area contributed by atoms with Crippen molar-refractivity contribution in [1.29, 1.82) is 0 Å². The van der Waals surface area contributed by atoms with Crippen LogP contribution in [0.3, 0.4) is 0 Å². The zero-order valence-corrected chi connectivity index (χ0v) is 14.5. The van der Waals surface area contributed by atoms with E-state index in [1.54, 1.807) is 23.1 Å². The number of cyclic esters (lactones) is 1. The van der Waals surface area contributed by atoms with E-state index < -0.39 is 0 Å². The molecule has 9 nitrogen and oxygen atoms in total. The van der Waals surface area contributed by atoms with Gasteiger partial charge in [-0.2, -0.15) is 4.98 Å². The van der Waals surface area contributed by atoms with Crippen LogP contribution in [0.1, 0.15) is 19.2 Å². The molecule has 1 aromatic carbocycles. The first-order chi connectivity index (χ1) is 12.7. The number of urea groups is 1. The molecule has 0 spiro atoms. The van der Waals surface area contributed by atoms with Crippen molar-refractivity contribution in [3.8, 4) is 11.5 Å². The van der Waals surface area contributed by atoms with Gasteiger partial charge in [0.15, 0.2) is 5.82 Å². The van der Waals surface area contributed by atoms with E-state index in [2.05, 4.69) is 20.8 Å². The maximum atomic E-state index is 12.2. The fourth-order valence-electron chi connectivity index (χ4n) is 2.56. The molecule has 0 unspecified atom stereocenters. The summed E-state index contributed by atoms with van der Waals surface area (Å²) in [5, 5.41) is 9.38. The van der Waals surface area contributed by atoms with E-state index in [0.29, 0.717) is 55.6 Å². The molecule has 1 fully saturated rings. The van der Waals surface area contributed by atoms with Crippen LogP contribution in [0.2, 0.25) is 0 Å². The Morgan fingerprint density at radius 2 is 2.19 bits per heavy atom. The second kappa shape index (κ2) is 8.32. The standard InChI is InChI=1S/C17H21N5O4/c1-2-14-20-15(26-21-14)12-6-3-4-7-13(12)19-16(23)18-8-10-22-9-5-11-25-17(22)24/h3-4,6-7H,2,5,8-11H2,1H3,(H2,18,19,23). The summed E-state index contributed by atoms with van der Waals surface area (Å²) in [7, 11) is 0. The lowest BCUT2D eigenvalue weighted by Crippen LogP contribution is -2.43. The third kappa shape index (κ3) is 4.29. The highest BCUT2D eigenvalue weighted by atomic mass is 16.6. The Hall–Kier alpha value is -3.10. The molecule has 2 aromatic rings. The van der Waals surface area contributed by atoms with Gasteiger partial charge in [-0.3, -0.25) is 0 Å². The van der Waals surface area contributed by atoms with Crippen molar-refractivity contribution < 1.29 is 18.8 Å². The first-order valence-corrected chi connectivity index (χ1v) is 8.56. The van der Waals surface area contributed by atoms with Gasteiger partial charge in [-0.15, -0.1) is 0 Å². The summed E-state index contributed by atoms with van der Waals surface area (Å²) in [6.45, 7) is 3.75. The highest BCUT2D eigenvalue weighted by molar-refractivity contribution is 5.93. The lowest BCUT2D eigenvalue weighted by molar-refractivity contribution is 0.0736. The number of para-hydroxylation sites is 1. The van der Waals surface area contributed by atoms with Crippen molar-refractivity contribution in [2.24, 2.45) is 0 Å². The topological polar surface area (TPSA) is 110 Å². The number of hydrogen-bond acceptors (Lipinski definition) is 6. The normalized spacial score (nSPS) is 14.0. The summed E-state index contributed by atoms with van der Waals surface area (Å²) in [6.07, 6.45) is 1.13. The summed E-state index contributed by atoms with van der Waals surface area (Å²) >= 11 is 0. The number of carbonyl (C=O) groups is 2. The largest absolute Gasteiger partial charge is 0.449 e. The summed E-state index contributed by atoms with van der Waals surface area (Å²) in [4.78, 5) is 29.6. The fraction of sp³-hybridized carbons (Fsp3) is 0.412. The van der Waals surface area contributed by atoms with E-state index in [-0.39, 0.29) is 12.1 Å². The number of amides is 3. The van der Waals surface area contributed by atoms with Crippen LogP contribution in [0.25, 0.3) is 11.5 Å². The number of carbonyl (C=O) groups excluding carboxylic acids is 2. The molecular formula is C17H21N5O4. The van der Waals surface area contributed by atoms with Crippen molar-refractivity contribution in [1.82, 2.24) is 20.4 Å². The molecule has 138 valence electrons. The Bertz CT molecular complexity index is 776. The van der Waals surface area contributed by atoms with Gasteiger partial charge in [0.1, 0.15) is 0 Å². The summed E-state index contributed by atoms with van der Waals surface area (Å²) < 4.78 is 10.2. The number of aryl methyl sites for hydroxylation is 1. The van der Waals surface area contributed by atoms with E-state index in [9.17, 15) is 9.59 Å². The first-order valence-electron chi connectivity index (χ1n) is 8.56. The van der Waals surface area contributed by atoms with Crippen LogP contribution in [0.15, 0.2) is 28.8 Å². The average Bonchev–Trinajstić information content (AvgIpc) is 3.13. The highest BCUT2D eigenvalue weighted by Crippen LogP contribution is 2.26. The molecule has 1 aliphatic heterocycles. The molecule has 0 bridgehead atoms. The van der Waals surface area contributed by atoms with E-state index in [4.69, 9.17) is 9.26 Å². The van der Waals surface area contributed by atoms with Crippen LogP contribution in [-0.4, -0.2) is 53.4 Å². The predicted octanol–water partition coefficient (Wildman–Crippen LogP) is 2.26. The van der Waals surface area contributed by atoms with Crippen LogP contribution in [0.4, 0.5) is 15.3 Å². The van der Waals surface area contributed by atoms with E-state index in [1.165, 1.54) is 0 Å². The quantitative estimate of drug-likeness (QED) is 0.819. The first kappa shape index (κ1) is 17.7. The van der Waals surface area contributed by atoms with Gasteiger partial charge in [0.25, 0.3) is 5.89 Å². The number of hydrogen-bond donors (Lipinski definition) is 2. The molecule has 2 heterocycles. The lowest BCUT2D eigenvalue weighted by atomic mass is 10.2. The van der Waals surface area contributed by atoms with Gasteiger partial charge in [0.2, 0.25) is 0 Å². The molecule has 1 aromatic heterocycles. The number of rotatable bonds is 6. The van der Waals surface area contributed by atoms with E-state index >= 15 is 0 Å². The predicted molar refractivity (Wildman–Crippen MR) is 93.7 cm³/mol. The molecule has 0 radical (unpaired) electrons. The monoisotopic (exact) mass is 359 g/mol. The SMILES string of the molecule is CCc1noc(-c2ccccc2NC(=O)NCCN2CCCOC2=O)n1. The van der Waals surface area contributed by atoms with Gasteiger partial charge in [-0.05, 0) is 18.6 Å². The molecule has 0 aliphatic carbocycles. The Morgan fingerprint density at radius 1 is 1.35 bits per heavy atom. The fourth-order valence-corrected chi connectivity index (χ4v) is 2.56. The molecule has 26 heavy (non-hydrogen) atoms. The summed E-state index contributed by atoms with van der Waals surface area (Å²) in [5.41, 5.74) is 1.21. The number of anilines is 1. The Labute approximate surface area is 150 Å². The van der Waals surface area contributed by atoms with Gasteiger partial charge in [-0.25, -0.2) is 9.59 Å². The zero-order valence-electron chi connectivity index (χ0n) is 14.5. The third-order valence-corrected chi connectivity index (χ3v) is 3.91. The van der Waals surface area contributed by atoms with Gasteiger partial charge in [0, 0.05) is 26.1 Å². The number of aromatic nitrogens is 2. The number of nitrogens with one attached hydrogen (secondary N) is 2. The average molecular weight is 359 g/mol. The summed E-state index contributed by atoms with van der Waals surface area (Å²) in [6, 6.07) is 6.81. The minimum Gasteiger partial charge on any atom is -0.449 e. The van der Waals surface area contributed by atoms with Crippen molar-refractivity contribution in [2.75, 3.05) is 31.6 Å². The molecule has 0 saturated carbocycles. The number of nitrogens with zero attached hydrogens (tertiary/aromatic N) is 3. The summed E-state index contributed by atoms with van der Waals surface area (Å²) in [5.74, 6) is 0.960. The third-order valence-electron chi connectivity index (χ3n) is 3.91. The Morgan fingerprint density at radius 3 is 2.96 bits per heavy atom. The van der Waals surface area contributed by atoms with Crippen LogP contribution in [0.5, 0.6) is 0 Å². The molecule has 2 N–H and O–H groups in total. The molecule has 0 atom stereocenters. The Kier molecular flexibility index (Phi) is 5.67. The van der Waals surface area contributed by atoms with Crippen molar-refractivity contribution in [3.63, 3.8) is 0 Å². The van der Waals surface area contributed by atoms with Gasteiger partial charge in [0.05, 0.1) is 17.9 Å². The molecule has 1 saturated heterocycles. The second-order valence-corrected chi connectivity index (χ2v) is 5.75. The maximum Gasteiger partial charge on any atom is 0.409 e. The van der Waals surface area contributed by atoms with Crippen LogP contribution in [0, 0.1) is 0 Å². The minimum absolute atomic E-state index is 0.323. The van der Waals surface area contributed by atoms with Crippen molar-refractivity contribution in [3.05, 3.63) is 30.1 Å². The van der Waals surface area contributed by atoms with E-state index in [0.717, 1.165) is 6.42 Å². The second-order valence-electron chi connectivity index (χ2n) is 5.75. The van der Waals surface area contributed by atoms with Crippen molar-refractivity contribution >= 4 is 17.8 Å². The van der Waals surface area contributed by atoms with Crippen LogP contribution in [-0.2, 0) is 11.2 Å². The lowest BCUT2D eigenvalue weighted by Gasteiger charge is -2.26. The highest BCUT2D eigenvalue weighted by Gasteiger charge is 2.19. The molecule has 9 heteroatoms. The molecule has 1 aliphatic rings. The smallest absolute Gasteiger partial charge is 0.409 e. The number of benzene rings is 1. The molecule has 3 rings (SSSR count). The van der Waals surface area contributed by atoms with Gasteiger partial charge < -0.3 is 24.8 Å². The van der Waals surface area contributed by atoms with Crippen LogP contribution < -0.4 is 10.6 Å². The minimum atomic E-state index is -0.377. The van der Waals surface area contributed by atoms with Gasteiger partial charge in [-0.1, -0.05) is 24.2 Å².